The van der Waals surface area contributed by atoms with E-state index in [0.717, 1.165) is 13.3 Å². The number of imidazole rings is 1. The van der Waals surface area contributed by atoms with E-state index in [1.165, 1.54) is 22.7 Å². The molecule has 6 nitrogen and oxygen atoms in total. The van der Waals surface area contributed by atoms with Crippen molar-refractivity contribution in [1.29, 1.82) is 0 Å². The van der Waals surface area contributed by atoms with Crippen molar-refractivity contribution < 1.29 is 22.3 Å². The quantitative estimate of drug-likeness (QED) is 0.732. The van der Waals surface area contributed by atoms with Gasteiger partial charge in [-0.15, -0.1) is 0 Å². The Balaban J connectivity index is 2.24. The van der Waals surface area contributed by atoms with Crippen molar-refractivity contribution in [1.82, 2.24) is 19.4 Å². The summed E-state index contributed by atoms with van der Waals surface area (Å²) in [6, 6.07) is 2.61. The molecule has 2 N–H and O–H groups in total. The van der Waals surface area contributed by atoms with Gasteiger partial charge < -0.3 is 10.5 Å². The van der Waals surface area contributed by atoms with Crippen LogP contribution in [0.2, 0.25) is 0 Å². The van der Waals surface area contributed by atoms with E-state index in [2.05, 4.69) is 19.7 Å². The topological polar surface area (TPSA) is 78.3 Å². The van der Waals surface area contributed by atoms with E-state index in [-0.39, 0.29) is 11.5 Å². The molecule has 0 saturated heterocycles. The minimum absolute atomic E-state index is 0.162. The molecule has 23 heavy (non-hydrogen) atoms. The number of nitrogens with zero attached hydrogens (tertiary/aromatic N) is 4. The Kier molecular flexibility index (Phi) is 3.31. The van der Waals surface area contributed by atoms with Crippen LogP contribution in [0.1, 0.15) is 5.56 Å². The van der Waals surface area contributed by atoms with Crippen LogP contribution >= 0.6 is 0 Å². The Bertz CT molecular complexity index is 890. The molecule has 0 aliphatic rings. The summed E-state index contributed by atoms with van der Waals surface area (Å²) in [7, 11) is 1.04. The fourth-order valence-electron chi connectivity index (χ4n) is 2.11. The van der Waals surface area contributed by atoms with E-state index in [1.54, 1.807) is 0 Å². The van der Waals surface area contributed by atoms with Crippen LogP contribution in [0.4, 0.5) is 23.4 Å². The average Bonchev–Trinajstić information content (AvgIpc) is 2.87. The second-order valence-corrected chi connectivity index (χ2v) is 4.53. The highest BCUT2D eigenvalue weighted by Gasteiger charge is 2.39. The summed E-state index contributed by atoms with van der Waals surface area (Å²) in [5, 5.41) is 0. The number of anilines is 1. The Hall–Kier alpha value is -2.91. The predicted molar refractivity (Wildman–Crippen MR) is 72.1 cm³/mol. The number of halogens is 4. The van der Waals surface area contributed by atoms with Crippen LogP contribution in [0.5, 0.6) is 5.88 Å². The Morgan fingerprint density at radius 1 is 1.22 bits per heavy atom. The van der Waals surface area contributed by atoms with Crippen molar-refractivity contribution in [2.45, 2.75) is 6.18 Å². The molecule has 3 aromatic heterocycles. The fraction of sp³-hybridized carbons (Fsp3) is 0.154. The third-order valence-electron chi connectivity index (χ3n) is 3.08. The zero-order valence-corrected chi connectivity index (χ0v) is 11.6. The fourth-order valence-corrected chi connectivity index (χ4v) is 2.11. The predicted octanol–water partition coefficient (Wildman–Crippen LogP) is 2.54. The normalized spacial score (nSPS) is 11.9. The van der Waals surface area contributed by atoms with Crippen LogP contribution in [0.15, 0.2) is 24.5 Å². The van der Waals surface area contributed by atoms with Gasteiger partial charge in [0.2, 0.25) is 5.88 Å². The molecule has 10 heteroatoms. The first kappa shape index (κ1) is 15.0. The summed E-state index contributed by atoms with van der Waals surface area (Å²) in [4.78, 5) is 11.4. The van der Waals surface area contributed by atoms with E-state index in [4.69, 9.17) is 5.73 Å². The second kappa shape index (κ2) is 5.07. The minimum Gasteiger partial charge on any atom is -0.480 e. The number of pyridine rings is 1. The molecule has 0 aliphatic carbocycles. The third kappa shape index (κ3) is 2.51. The average molecular weight is 327 g/mol. The second-order valence-electron chi connectivity index (χ2n) is 4.53. The number of methoxy groups -OCH3 is 1. The first-order chi connectivity index (χ1) is 10.8. The van der Waals surface area contributed by atoms with Crippen LogP contribution < -0.4 is 10.5 Å². The van der Waals surface area contributed by atoms with Gasteiger partial charge in [0, 0.05) is 6.20 Å². The summed E-state index contributed by atoms with van der Waals surface area (Å²) >= 11 is 0. The molecule has 0 unspecified atom stereocenters. The van der Waals surface area contributed by atoms with E-state index in [0.29, 0.717) is 5.65 Å². The summed E-state index contributed by atoms with van der Waals surface area (Å²) < 4.78 is 58.2. The van der Waals surface area contributed by atoms with Crippen LogP contribution in [0.3, 0.4) is 0 Å². The van der Waals surface area contributed by atoms with Crippen LogP contribution in [-0.2, 0) is 6.18 Å². The van der Waals surface area contributed by atoms with Gasteiger partial charge in [-0.1, -0.05) is 0 Å². The number of nitrogens with two attached hydrogens (primary N) is 1. The molecule has 0 aromatic carbocycles. The maximum absolute atomic E-state index is 13.4. The van der Waals surface area contributed by atoms with Crippen molar-refractivity contribution in [3.63, 3.8) is 0 Å². The van der Waals surface area contributed by atoms with Gasteiger partial charge in [0.15, 0.2) is 11.4 Å². The molecule has 3 heterocycles. The van der Waals surface area contributed by atoms with Crippen LogP contribution in [0, 0.1) is 5.82 Å². The maximum atomic E-state index is 13.4. The zero-order valence-electron chi connectivity index (χ0n) is 11.6. The van der Waals surface area contributed by atoms with Crippen molar-refractivity contribution >= 4 is 11.5 Å². The Labute approximate surface area is 126 Å². The van der Waals surface area contributed by atoms with Crippen molar-refractivity contribution in [3.05, 3.63) is 35.9 Å². The highest BCUT2D eigenvalue weighted by Crippen LogP contribution is 2.39. The molecule has 0 aliphatic heterocycles. The highest BCUT2D eigenvalue weighted by molar-refractivity contribution is 5.61. The van der Waals surface area contributed by atoms with Crippen molar-refractivity contribution in [2.75, 3.05) is 12.8 Å². The summed E-state index contributed by atoms with van der Waals surface area (Å²) in [5.74, 6) is -2.22. The molecule has 0 bridgehead atoms. The largest absolute Gasteiger partial charge is 0.480 e. The van der Waals surface area contributed by atoms with E-state index in [1.807, 2.05) is 0 Å². The number of hydrogen-bond acceptors (Lipinski definition) is 5. The van der Waals surface area contributed by atoms with Crippen LogP contribution in [0.25, 0.3) is 17.2 Å². The minimum atomic E-state index is -4.76. The summed E-state index contributed by atoms with van der Waals surface area (Å²) in [6.45, 7) is 0. The summed E-state index contributed by atoms with van der Waals surface area (Å²) in [6.07, 6.45) is -2.35. The monoisotopic (exact) mass is 327 g/mol. The van der Waals surface area contributed by atoms with E-state index >= 15 is 0 Å². The lowest BCUT2D eigenvalue weighted by molar-refractivity contribution is -0.138. The van der Waals surface area contributed by atoms with E-state index < -0.39 is 29.3 Å². The summed E-state index contributed by atoms with van der Waals surface area (Å²) in [5.41, 5.74) is 4.70. The SMILES string of the molecule is COc1nc(-c2cnc3ccc(F)cn23)nc(N)c1C(F)(F)F. The third-order valence-corrected chi connectivity index (χ3v) is 3.08. The number of ether oxygens (including phenoxy) is 1. The molecule has 0 amide bonds. The molecule has 0 radical (unpaired) electrons. The van der Waals surface area contributed by atoms with Gasteiger partial charge in [0.25, 0.3) is 0 Å². The lowest BCUT2D eigenvalue weighted by Gasteiger charge is -2.13. The molecule has 3 rings (SSSR count). The molecule has 0 saturated carbocycles. The lowest BCUT2D eigenvalue weighted by Crippen LogP contribution is -2.14. The van der Waals surface area contributed by atoms with Gasteiger partial charge in [0.1, 0.15) is 23.0 Å². The number of hydrogen-bond donors (Lipinski definition) is 1. The van der Waals surface area contributed by atoms with Gasteiger partial charge in [-0.25, -0.2) is 14.4 Å². The molecule has 0 fully saturated rings. The van der Waals surface area contributed by atoms with Gasteiger partial charge in [-0.3, -0.25) is 4.40 Å². The molecular weight excluding hydrogens is 318 g/mol. The number of aromatic nitrogens is 4. The molecule has 120 valence electrons. The lowest BCUT2D eigenvalue weighted by atomic mass is 10.2. The molecule has 0 spiro atoms. The first-order valence-corrected chi connectivity index (χ1v) is 6.23. The number of fused-ring (bicyclic) bond motifs is 1. The maximum Gasteiger partial charge on any atom is 0.425 e. The number of nitrogen functional groups attached to an aromatic ring is 1. The molecule has 0 atom stereocenters. The number of rotatable bonds is 2. The van der Waals surface area contributed by atoms with Crippen LogP contribution in [-0.4, -0.2) is 26.5 Å². The van der Waals surface area contributed by atoms with E-state index in [9.17, 15) is 17.6 Å². The Morgan fingerprint density at radius 2 is 1.96 bits per heavy atom. The molecule has 3 aromatic rings. The van der Waals surface area contributed by atoms with Gasteiger partial charge in [0.05, 0.1) is 13.3 Å². The van der Waals surface area contributed by atoms with Gasteiger partial charge >= 0.3 is 6.18 Å². The molecular formula is C13H9F4N5O. The van der Waals surface area contributed by atoms with Crippen molar-refractivity contribution in [3.8, 4) is 17.4 Å². The standard InChI is InChI=1S/C13H9F4N5O/c1-23-12-9(13(15,16)17)10(18)20-11(21-12)7-4-19-8-3-2-6(14)5-22(7)8/h2-5H,1H3,(H2,18,20,21). The Morgan fingerprint density at radius 3 is 2.61 bits per heavy atom. The van der Waals surface area contributed by atoms with Gasteiger partial charge in [-0.05, 0) is 12.1 Å². The number of alkyl halides is 3. The first-order valence-electron chi connectivity index (χ1n) is 6.23. The highest BCUT2D eigenvalue weighted by atomic mass is 19.4. The van der Waals surface area contributed by atoms with Gasteiger partial charge in [-0.2, -0.15) is 18.2 Å². The van der Waals surface area contributed by atoms with Crippen molar-refractivity contribution in [2.24, 2.45) is 0 Å². The smallest absolute Gasteiger partial charge is 0.425 e. The zero-order chi connectivity index (χ0) is 16.8.